The van der Waals surface area contributed by atoms with Gasteiger partial charge in [0.05, 0.1) is 0 Å². The Balaban J connectivity index is 1.93. The van der Waals surface area contributed by atoms with Gasteiger partial charge in [0.2, 0.25) is 12.7 Å². The topological polar surface area (TPSA) is 38.8 Å². The van der Waals surface area contributed by atoms with Crippen LogP contribution in [-0.4, -0.2) is 19.2 Å². The third kappa shape index (κ3) is 1.55. The molecule has 0 unspecified atom stereocenters. The van der Waals surface area contributed by atoms with Crippen molar-refractivity contribution in [2.45, 2.75) is 13.8 Å². The fourth-order valence-corrected chi connectivity index (χ4v) is 2.31. The number of amides is 1. The van der Waals surface area contributed by atoms with Crippen LogP contribution in [0.25, 0.3) is 0 Å². The number of anilines is 1. The lowest BCUT2D eigenvalue weighted by molar-refractivity contribution is -0.120. The van der Waals surface area contributed by atoms with Crippen LogP contribution in [0.2, 0.25) is 0 Å². The van der Waals surface area contributed by atoms with Crippen molar-refractivity contribution in [1.82, 2.24) is 0 Å². The third-order valence-electron chi connectivity index (χ3n) is 3.65. The molecule has 1 aromatic carbocycles. The minimum atomic E-state index is 0.0976. The molecule has 17 heavy (non-hydrogen) atoms. The van der Waals surface area contributed by atoms with E-state index in [1.807, 2.05) is 30.0 Å². The zero-order valence-corrected chi connectivity index (χ0v) is 9.97. The molecule has 1 fully saturated rings. The predicted octanol–water partition coefficient (Wildman–Crippen LogP) is 2.03. The Hall–Kier alpha value is -1.71. The highest BCUT2D eigenvalue weighted by Gasteiger charge is 2.35. The Bertz CT molecular complexity index is 472. The number of hydrogen-bond acceptors (Lipinski definition) is 3. The van der Waals surface area contributed by atoms with Gasteiger partial charge in [-0.25, -0.2) is 0 Å². The van der Waals surface area contributed by atoms with Crippen LogP contribution in [0.3, 0.4) is 0 Å². The zero-order chi connectivity index (χ0) is 12.0. The van der Waals surface area contributed by atoms with Gasteiger partial charge in [-0.3, -0.25) is 4.79 Å². The van der Waals surface area contributed by atoms with Crippen LogP contribution in [0.4, 0.5) is 5.69 Å². The van der Waals surface area contributed by atoms with Gasteiger partial charge in [0.1, 0.15) is 0 Å². The van der Waals surface area contributed by atoms with Crippen LogP contribution < -0.4 is 14.4 Å². The van der Waals surface area contributed by atoms with Crippen LogP contribution in [0.5, 0.6) is 11.5 Å². The summed E-state index contributed by atoms with van der Waals surface area (Å²) in [5, 5.41) is 0. The summed E-state index contributed by atoms with van der Waals surface area (Å²) in [4.78, 5) is 13.9. The smallest absolute Gasteiger partial charge is 0.231 e. The standard InChI is InChI=1S/C13H15NO3/c1-8-6-14(13(15)9(8)2)10-3-4-11-12(5-10)17-7-16-11/h3-5,8-9H,6-7H2,1-2H3/t8-,9+/m1/s1. The molecule has 2 atom stereocenters. The second kappa shape index (κ2) is 3.65. The van der Waals surface area contributed by atoms with Crippen molar-refractivity contribution in [3.63, 3.8) is 0 Å². The minimum absolute atomic E-state index is 0.0976. The van der Waals surface area contributed by atoms with E-state index in [4.69, 9.17) is 9.47 Å². The molecule has 0 spiro atoms. The summed E-state index contributed by atoms with van der Waals surface area (Å²) in [5.41, 5.74) is 0.899. The quantitative estimate of drug-likeness (QED) is 0.745. The Morgan fingerprint density at radius 2 is 2.00 bits per heavy atom. The van der Waals surface area contributed by atoms with Crippen LogP contribution in [0.1, 0.15) is 13.8 Å². The van der Waals surface area contributed by atoms with Crippen molar-refractivity contribution in [2.24, 2.45) is 11.8 Å². The fraction of sp³-hybridized carbons (Fsp3) is 0.462. The lowest BCUT2D eigenvalue weighted by Gasteiger charge is -2.16. The van der Waals surface area contributed by atoms with Crippen LogP contribution in [-0.2, 0) is 4.79 Å². The maximum absolute atomic E-state index is 12.1. The van der Waals surface area contributed by atoms with Gasteiger partial charge in [-0.2, -0.15) is 0 Å². The maximum Gasteiger partial charge on any atom is 0.231 e. The maximum atomic E-state index is 12.1. The van der Waals surface area contributed by atoms with Crippen LogP contribution in [0, 0.1) is 11.8 Å². The number of carbonyl (C=O) groups is 1. The van der Waals surface area contributed by atoms with Crippen LogP contribution >= 0.6 is 0 Å². The summed E-state index contributed by atoms with van der Waals surface area (Å²) < 4.78 is 10.6. The molecule has 0 aliphatic carbocycles. The molecule has 1 saturated heterocycles. The summed E-state index contributed by atoms with van der Waals surface area (Å²) in [6, 6.07) is 5.65. The number of benzene rings is 1. The summed E-state index contributed by atoms with van der Waals surface area (Å²) in [6.07, 6.45) is 0. The first kappa shape index (κ1) is 10.4. The first-order valence-electron chi connectivity index (χ1n) is 5.88. The second-order valence-electron chi connectivity index (χ2n) is 4.75. The van der Waals surface area contributed by atoms with E-state index in [0.29, 0.717) is 5.92 Å². The molecule has 0 bridgehead atoms. The fourth-order valence-electron chi connectivity index (χ4n) is 2.31. The van der Waals surface area contributed by atoms with Gasteiger partial charge in [-0.05, 0) is 18.1 Å². The number of hydrogen-bond donors (Lipinski definition) is 0. The average Bonchev–Trinajstić information content (AvgIpc) is 2.89. The Morgan fingerprint density at radius 3 is 2.71 bits per heavy atom. The van der Waals surface area contributed by atoms with E-state index < -0.39 is 0 Å². The van der Waals surface area contributed by atoms with E-state index in [0.717, 1.165) is 23.7 Å². The molecule has 2 aliphatic rings. The summed E-state index contributed by atoms with van der Waals surface area (Å²) in [5.74, 6) is 2.16. The number of fused-ring (bicyclic) bond motifs is 1. The molecule has 3 rings (SSSR count). The molecule has 2 aliphatic heterocycles. The van der Waals surface area contributed by atoms with Crippen molar-refractivity contribution in [3.05, 3.63) is 18.2 Å². The molecule has 0 aromatic heterocycles. The van der Waals surface area contributed by atoms with Crippen molar-refractivity contribution < 1.29 is 14.3 Å². The molecular formula is C13H15NO3. The summed E-state index contributed by atoms with van der Waals surface area (Å²) >= 11 is 0. The van der Waals surface area contributed by atoms with Gasteiger partial charge in [-0.1, -0.05) is 13.8 Å². The minimum Gasteiger partial charge on any atom is -0.454 e. The normalized spacial score (nSPS) is 26.7. The van der Waals surface area contributed by atoms with E-state index in [2.05, 4.69) is 6.92 Å². The molecule has 2 heterocycles. The largest absolute Gasteiger partial charge is 0.454 e. The molecule has 90 valence electrons. The SMILES string of the molecule is C[C@@H]1CN(c2ccc3c(c2)OCO3)C(=O)[C@H]1C. The van der Waals surface area contributed by atoms with Gasteiger partial charge in [0.25, 0.3) is 0 Å². The molecular weight excluding hydrogens is 218 g/mol. The zero-order valence-electron chi connectivity index (χ0n) is 9.97. The average molecular weight is 233 g/mol. The number of carbonyl (C=O) groups excluding carboxylic acids is 1. The van der Waals surface area contributed by atoms with Gasteiger partial charge in [0, 0.05) is 24.2 Å². The van der Waals surface area contributed by atoms with Gasteiger partial charge in [0.15, 0.2) is 11.5 Å². The summed E-state index contributed by atoms with van der Waals surface area (Å²) in [7, 11) is 0. The molecule has 0 N–H and O–H groups in total. The van der Waals surface area contributed by atoms with Crippen molar-refractivity contribution >= 4 is 11.6 Å². The Kier molecular flexibility index (Phi) is 2.24. The lowest BCUT2D eigenvalue weighted by atomic mass is 10.0. The molecule has 4 heteroatoms. The van der Waals surface area contributed by atoms with E-state index in [9.17, 15) is 4.79 Å². The Morgan fingerprint density at radius 1 is 1.24 bits per heavy atom. The van der Waals surface area contributed by atoms with Crippen LogP contribution in [0.15, 0.2) is 18.2 Å². The lowest BCUT2D eigenvalue weighted by Crippen LogP contribution is -2.25. The molecule has 4 nitrogen and oxygen atoms in total. The van der Waals surface area contributed by atoms with E-state index in [-0.39, 0.29) is 18.6 Å². The highest BCUT2D eigenvalue weighted by molar-refractivity contribution is 5.97. The highest BCUT2D eigenvalue weighted by atomic mass is 16.7. The highest BCUT2D eigenvalue weighted by Crippen LogP contribution is 2.37. The van der Waals surface area contributed by atoms with E-state index in [1.165, 1.54) is 0 Å². The number of nitrogens with zero attached hydrogens (tertiary/aromatic N) is 1. The first-order chi connectivity index (χ1) is 8.16. The Labute approximate surface area is 100 Å². The van der Waals surface area contributed by atoms with E-state index in [1.54, 1.807) is 0 Å². The monoisotopic (exact) mass is 233 g/mol. The van der Waals surface area contributed by atoms with Crippen molar-refractivity contribution in [1.29, 1.82) is 0 Å². The van der Waals surface area contributed by atoms with E-state index >= 15 is 0 Å². The molecule has 1 amide bonds. The van der Waals surface area contributed by atoms with Crippen molar-refractivity contribution in [2.75, 3.05) is 18.2 Å². The summed E-state index contributed by atoms with van der Waals surface area (Å²) in [6.45, 7) is 5.13. The molecule has 1 aromatic rings. The molecule has 0 radical (unpaired) electrons. The third-order valence-corrected chi connectivity index (χ3v) is 3.65. The first-order valence-corrected chi connectivity index (χ1v) is 5.88. The number of ether oxygens (including phenoxy) is 2. The molecule has 0 saturated carbocycles. The number of rotatable bonds is 1. The van der Waals surface area contributed by atoms with Gasteiger partial charge >= 0.3 is 0 Å². The predicted molar refractivity (Wildman–Crippen MR) is 63.2 cm³/mol. The van der Waals surface area contributed by atoms with Gasteiger partial charge in [-0.15, -0.1) is 0 Å². The second-order valence-corrected chi connectivity index (χ2v) is 4.75. The van der Waals surface area contributed by atoms with Gasteiger partial charge < -0.3 is 14.4 Å². The van der Waals surface area contributed by atoms with Crippen molar-refractivity contribution in [3.8, 4) is 11.5 Å².